The minimum Gasteiger partial charge on any atom is -0.508 e. The number of non-ortho nitro benzene ring substituents is 1. The topological polar surface area (TPSA) is 92.5 Å². The van der Waals surface area contributed by atoms with E-state index in [4.69, 9.17) is 0 Å². The molecule has 2 aromatic rings. The normalized spacial score (nSPS) is 10.7. The van der Waals surface area contributed by atoms with Crippen molar-refractivity contribution in [1.29, 1.82) is 0 Å². The maximum Gasteiger partial charge on any atom is 0.269 e. The van der Waals surface area contributed by atoms with Crippen LogP contribution in [0.15, 0.2) is 36.4 Å². The summed E-state index contributed by atoms with van der Waals surface area (Å²) in [6.07, 6.45) is 0.0407. The van der Waals surface area contributed by atoms with Crippen LogP contribution in [0, 0.1) is 17.0 Å². The van der Waals surface area contributed by atoms with Crippen LogP contribution >= 0.6 is 0 Å². The molecule has 0 atom stereocenters. The minimum absolute atomic E-state index is 0.0387. The Hall–Kier alpha value is -2.89. The summed E-state index contributed by atoms with van der Waals surface area (Å²) in [5.41, 5.74) is 2.67. The Morgan fingerprint density at radius 1 is 1.29 bits per heavy atom. The van der Waals surface area contributed by atoms with Gasteiger partial charge in [-0.15, -0.1) is 0 Å². The van der Waals surface area contributed by atoms with Crippen molar-refractivity contribution in [3.8, 4) is 5.75 Å². The van der Waals surface area contributed by atoms with Gasteiger partial charge in [0.05, 0.1) is 11.3 Å². The number of hydrogen-bond acceptors (Lipinski definition) is 4. The molecule has 0 aromatic heterocycles. The summed E-state index contributed by atoms with van der Waals surface area (Å²) in [7, 11) is 0. The lowest BCUT2D eigenvalue weighted by molar-refractivity contribution is -0.384. The fraction of sp³-hybridized carbons (Fsp3) is 0.278. The van der Waals surface area contributed by atoms with Crippen molar-refractivity contribution in [1.82, 2.24) is 0 Å². The second-order valence-corrected chi connectivity index (χ2v) is 6.03. The van der Waals surface area contributed by atoms with Crippen LogP contribution < -0.4 is 5.32 Å². The standard InChI is InChI=1S/C18H20N2O4/c1-11(2)15-10-16(12(3)7-17(15)21)19-18(22)9-13-5-4-6-14(8-13)20(23)24/h4-8,10-11,21H,9H2,1-3H3,(H,19,22). The Morgan fingerprint density at radius 2 is 2.00 bits per heavy atom. The highest BCUT2D eigenvalue weighted by Crippen LogP contribution is 2.31. The number of nitrogens with one attached hydrogen (secondary N) is 1. The SMILES string of the molecule is Cc1cc(O)c(C(C)C)cc1NC(=O)Cc1cccc([N+](=O)[O-])c1. The summed E-state index contributed by atoms with van der Waals surface area (Å²) in [5.74, 6) is 0.0659. The van der Waals surface area contributed by atoms with Gasteiger partial charge in [0, 0.05) is 17.8 Å². The molecule has 2 rings (SSSR count). The third-order valence-corrected chi connectivity index (χ3v) is 3.76. The van der Waals surface area contributed by atoms with Gasteiger partial charge in [0.1, 0.15) is 5.75 Å². The predicted octanol–water partition coefficient (Wildman–Crippen LogP) is 3.91. The summed E-state index contributed by atoms with van der Waals surface area (Å²) < 4.78 is 0. The zero-order valence-electron chi connectivity index (χ0n) is 13.9. The fourth-order valence-electron chi connectivity index (χ4n) is 2.47. The van der Waals surface area contributed by atoms with Gasteiger partial charge in [0.2, 0.25) is 5.91 Å². The highest BCUT2D eigenvalue weighted by molar-refractivity contribution is 5.93. The van der Waals surface area contributed by atoms with E-state index >= 15 is 0 Å². The van der Waals surface area contributed by atoms with Crippen molar-refractivity contribution in [2.45, 2.75) is 33.1 Å². The van der Waals surface area contributed by atoms with Crippen LogP contribution in [0.25, 0.3) is 0 Å². The smallest absolute Gasteiger partial charge is 0.269 e. The minimum atomic E-state index is -0.486. The van der Waals surface area contributed by atoms with Crippen molar-refractivity contribution in [2.24, 2.45) is 0 Å². The first-order valence-electron chi connectivity index (χ1n) is 7.64. The quantitative estimate of drug-likeness (QED) is 0.494. The largest absolute Gasteiger partial charge is 0.508 e. The molecule has 0 unspecified atom stereocenters. The molecule has 0 fully saturated rings. The Labute approximate surface area is 140 Å². The van der Waals surface area contributed by atoms with E-state index < -0.39 is 4.92 Å². The molecule has 0 radical (unpaired) electrons. The highest BCUT2D eigenvalue weighted by Gasteiger charge is 2.13. The molecule has 24 heavy (non-hydrogen) atoms. The molecule has 0 aliphatic rings. The van der Waals surface area contributed by atoms with Crippen LogP contribution in [0.3, 0.4) is 0 Å². The first kappa shape index (κ1) is 17.5. The molecule has 1 amide bonds. The first-order valence-corrected chi connectivity index (χ1v) is 7.64. The predicted molar refractivity (Wildman–Crippen MR) is 92.4 cm³/mol. The maximum atomic E-state index is 12.2. The van der Waals surface area contributed by atoms with Gasteiger partial charge in [-0.2, -0.15) is 0 Å². The number of anilines is 1. The third-order valence-electron chi connectivity index (χ3n) is 3.76. The number of nitrogens with zero attached hydrogens (tertiary/aromatic N) is 1. The number of amides is 1. The second-order valence-electron chi connectivity index (χ2n) is 6.03. The average molecular weight is 328 g/mol. The number of rotatable bonds is 5. The van der Waals surface area contributed by atoms with Crippen LogP contribution in [0.2, 0.25) is 0 Å². The van der Waals surface area contributed by atoms with Crippen LogP contribution in [0.4, 0.5) is 11.4 Å². The van der Waals surface area contributed by atoms with Crippen LogP contribution in [-0.2, 0) is 11.2 Å². The van der Waals surface area contributed by atoms with E-state index in [-0.39, 0.29) is 29.7 Å². The van der Waals surface area contributed by atoms with E-state index in [2.05, 4.69) is 5.32 Å². The van der Waals surface area contributed by atoms with Crippen molar-refractivity contribution >= 4 is 17.3 Å². The Morgan fingerprint density at radius 3 is 2.62 bits per heavy atom. The lowest BCUT2D eigenvalue weighted by atomic mass is 9.99. The van der Waals surface area contributed by atoms with Gasteiger partial charge >= 0.3 is 0 Å². The van der Waals surface area contributed by atoms with Gasteiger partial charge in [0.15, 0.2) is 0 Å². The summed E-state index contributed by atoms with van der Waals surface area (Å²) in [6.45, 7) is 5.71. The van der Waals surface area contributed by atoms with Crippen molar-refractivity contribution in [3.63, 3.8) is 0 Å². The molecule has 0 spiro atoms. The second kappa shape index (κ2) is 7.12. The molecule has 0 saturated carbocycles. The number of benzene rings is 2. The molecular weight excluding hydrogens is 308 g/mol. The van der Waals surface area contributed by atoms with Crippen LogP contribution in [0.1, 0.15) is 36.5 Å². The summed E-state index contributed by atoms with van der Waals surface area (Å²) in [4.78, 5) is 22.5. The van der Waals surface area contributed by atoms with E-state index in [1.54, 1.807) is 31.2 Å². The molecule has 6 nitrogen and oxygen atoms in total. The fourth-order valence-corrected chi connectivity index (χ4v) is 2.47. The first-order chi connectivity index (χ1) is 11.3. The molecule has 0 heterocycles. The summed E-state index contributed by atoms with van der Waals surface area (Å²) in [6, 6.07) is 9.40. The molecule has 126 valence electrons. The maximum absolute atomic E-state index is 12.2. The third kappa shape index (κ3) is 4.10. The zero-order chi connectivity index (χ0) is 17.9. The number of nitro groups is 1. The van der Waals surface area contributed by atoms with Crippen LogP contribution in [0.5, 0.6) is 5.75 Å². The molecule has 0 aliphatic carbocycles. The number of hydrogen-bond donors (Lipinski definition) is 2. The Bertz CT molecular complexity index is 785. The van der Waals surface area contributed by atoms with Crippen molar-refractivity contribution < 1.29 is 14.8 Å². The molecule has 2 aromatic carbocycles. The van der Waals surface area contributed by atoms with E-state index in [0.717, 1.165) is 11.1 Å². The number of carbonyl (C=O) groups excluding carboxylic acids is 1. The molecule has 0 bridgehead atoms. The van der Waals surface area contributed by atoms with Gasteiger partial charge in [-0.25, -0.2) is 0 Å². The lowest BCUT2D eigenvalue weighted by Gasteiger charge is -2.14. The van der Waals surface area contributed by atoms with Gasteiger partial charge in [-0.1, -0.05) is 26.0 Å². The zero-order valence-corrected chi connectivity index (χ0v) is 13.9. The summed E-state index contributed by atoms with van der Waals surface area (Å²) in [5, 5.41) is 23.6. The Kier molecular flexibility index (Phi) is 5.18. The molecule has 0 aliphatic heterocycles. The number of phenolic OH excluding ortho intramolecular Hbond substituents is 1. The highest BCUT2D eigenvalue weighted by atomic mass is 16.6. The molecule has 0 saturated heterocycles. The van der Waals surface area contributed by atoms with E-state index in [1.807, 2.05) is 13.8 Å². The number of nitro benzene ring substituents is 1. The van der Waals surface area contributed by atoms with Gasteiger partial charge < -0.3 is 10.4 Å². The molecule has 2 N–H and O–H groups in total. The molecular formula is C18H20N2O4. The van der Waals surface area contributed by atoms with Crippen molar-refractivity contribution in [2.75, 3.05) is 5.32 Å². The number of aromatic hydroxyl groups is 1. The van der Waals surface area contributed by atoms with E-state index in [1.165, 1.54) is 12.1 Å². The molecule has 6 heteroatoms. The number of aryl methyl sites for hydroxylation is 1. The Balaban J connectivity index is 2.17. The van der Waals surface area contributed by atoms with Gasteiger partial charge in [0.25, 0.3) is 5.69 Å². The van der Waals surface area contributed by atoms with Crippen molar-refractivity contribution in [3.05, 3.63) is 63.2 Å². The number of carbonyl (C=O) groups is 1. The van der Waals surface area contributed by atoms with Gasteiger partial charge in [-0.3, -0.25) is 14.9 Å². The van der Waals surface area contributed by atoms with E-state index in [0.29, 0.717) is 11.3 Å². The van der Waals surface area contributed by atoms with E-state index in [9.17, 15) is 20.0 Å². The van der Waals surface area contributed by atoms with Gasteiger partial charge in [-0.05, 0) is 41.7 Å². The number of phenols is 1. The lowest BCUT2D eigenvalue weighted by Crippen LogP contribution is -2.15. The monoisotopic (exact) mass is 328 g/mol. The average Bonchev–Trinajstić information content (AvgIpc) is 2.49. The van der Waals surface area contributed by atoms with Crippen LogP contribution in [-0.4, -0.2) is 15.9 Å². The summed E-state index contributed by atoms with van der Waals surface area (Å²) >= 11 is 0.